The maximum Gasteiger partial charge on any atom is 0.237 e. The van der Waals surface area contributed by atoms with Crippen molar-refractivity contribution in [2.45, 2.75) is 25.8 Å². The number of benzene rings is 1. The van der Waals surface area contributed by atoms with Crippen molar-refractivity contribution in [1.82, 2.24) is 0 Å². The third kappa shape index (κ3) is 5.03. The van der Waals surface area contributed by atoms with Gasteiger partial charge in [0.2, 0.25) is 11.8 Å². The molecule has 0 bridgehead atoms. The highest BCUT2D eigenvalue weighted by Crippen LogP contribution is 2.13. The van der Waals surface area contributed by atoms with Gasteiger partial charge in [-0.3, -0.25) is 4.79 Å². The second-order valence-electron chi connectivity index (χ2n) is 5.64. The molecule has 0 spiro atoms. The molecule has 1 aromatic carbocycles. The highest BCUT2D eigenvalue weighted by molar-refractivity contribution is 7.77. The molecule has 25 heavy (non-hydrogen) atoms. The summed E-state index contributed by atoms with van der Waals surface area (Å²) in [7, 11) is 0. The number of hydrogen-bond acceptors (Lipinski definition) is 3. The highest BCUT2D eigenvalue weighted by atomic mass is 32.1. The average Bonchev–Trinajstić information content (AvgIpc) is 2.62. The Morgan fingerprint density at radius 2 is 1.92 bits per heavy atom. The first kappa shape index (κ1) is 18.9. The minimum absolute atomic E-state index is 0.217. The van der Waals surface area contributed by atoms with Crippen LogP contribution in [0.15, 0.2) is 66.4 Å². The molecule has 2 rings (SSSR count). The van der Waals surface area contributed by atoms with Crippen LogP contribution in [0.25, 0.3) is 0 Å². The standard InChI is InChI=1S/C20H21FN2OS/c1-3-5-15-10-13-23(14-11-15)18(20(25)22-12-4-2)19(24)16-6-8-17(21)9-7-16/h4,6-11,13-14,18H,2-3,5,12H2,1H3/t18-/m1/s1. The Bertz CT molecular complexity index is 754. The largest absolute Gasteiger partial charge is 0.758 e. The highest BCUT2D eigenvalue weighted by Gasteiger charge is 2.28. The van der Waals surface area contributed by atoms with Crippen molar-refractivity contribution < 1.29 is 13.8 Å². The minimum atomic E-state index is -0.740. The summed E-state index contributed by atoms with van der Waals surface area (Å²) in [6, 6.07) is 8.68. The van der Waals surface area contributed by atoms with Crippen LogP contribution < -0.4 is 4.57 Å². The summed E-state index contributed by atoms with van der Waals surface area (Å²) in [4.78, 5) is 17.2. The Hall–Kier alpha value is -2.40. The molecule has 0 aliphatic rings. The predicted octanol–water partition coefficient (Wildman–Crippen LogP) is 3.62. The number of aryl methyl sites for hydroxylation is 1. The second kappa shape index (κ2) is 9.18. The van der Waals surface area contributed by atoms with Crippen molar-refractivity contribution in [3.8, 4) is 0 Å². The van der Waals surface area contributed by atoms with Crippen molar-refractivity contribution >= 4 is 23.5 Å². The zero-order chi connectivity index (χ0) is 18.2. The van der Waals surface area contributed by atoms with Crippen molar-refractivity contribution in [1.29, 1.82) is 0 Å². The summed E-state index contributed by atoms with van der Waals surface area (Å²) in [5.74, 6) is -0.602. The van der Waals surface area contributed by atoms with Gasteiger partial charge in [-0.25, -0.2) is 4.39 Å². The van der Waals surface area contributed by atoms with Crippen molar-refractivity contribution in [3.05, 3.63) is 78.4 Å². The van der Waals surface area contributed by atoms with Crippen LogP contribution in [-0.4, -0.2) is 17.4 Å². The van der Waals surface area contributed by atoms with E-state index < -0.39 is 6.04 Å². The summed E-state index contributed by atoms with van der Waals surface area (Å²) in [5, 5.41) is 0.280. The van der Waals surface area contributed by atoms with Gasteiger partial charge in [0.25, 0.3) is 0 Å². The SMILES string of the molecule is C=CCN=C([S-])[C@@H](C(=O)c1ccc(F)cc1)[n+]1ccc(CCC)cc1. The van der Waals surface area contributed by atoms with Crippen molar-refractivity contribution in [3.63, 3.8) is 0 Å². The number of pyridine rings is 1. The molecular weight excluding hydrogens is 335 g/mol. The van der Waals surface area contributed by atoms with Crippen LogP contribution in [0, 0.1) is 5.82 Å². The Labute approximate surface area is 153 Å². The fourth-order valence-corrected chi connectivity index (χ4v) is 2.79. The van der Waals surface area contributed by atoms with Crippen LogP contribution >= 0.6 is 0 Å². The van der Waals surface area contributed by atoms with Gasteiger partial charge in [0.1, 0.15) is 5.82 Å². The zero-order valence-electron chi connectivity index (χ0n) is 14.2. The summed E-state index contributed by atoms with van der Waals surface area (Å²) < 4.78 is 14.9. The molecule has 0 aliphatic carbocycles. The first-order chi connectivity index (χ1) is 12.1. The van der Waals surface area contributed by atoms with Gasteiger partial charge in [-0.15, -0.1) is 6.58 Å². The summed E-state index contributed by atoms with van der Waals surface area (Å²) in [6.45, 7) is 6.09. The number of nitrogens with zero attached hydrogens (tertiary/aromatic N) is 2. The van der Waals surface area contributed by atoms with Crippen LogP contribution in [0.5, 0.6) is 0 Å². The Balaban J connectivity index is 2.40. The van der Waals surface area contributed by atoms with Gasteiger partial charge in [0.15, 0.2) is 12.4 Å². The zero-order valence-corrected chi connectivity index (χ0v) is 15.0. The molecule has 1 atom stereocenters. The number of aliphatic imine (C=N–C) groups is 1. The molecule has 130 valence electrons. The molecule has 0 unspecified atom stereocenters. The summed E-state index contributed by atoms with van der Waals surface area (Å²) in [5.41, 5.74) is 1.59. The van der Waals surface area contributed by atoms with Gasteiger partial charge in [-0.2, -0.15) is 4.57 Å². The molecule has 0 radical (unpaired) electrons. The van der Waals surface area contributed by atoms with E-state index in [4.69, 9.17) is 12.6 Å². The molecule has 1 aromatic heterocycles. The monoisotopic (exact) mass is 356 g/mol. The van der Waals surface area contributed by atoms with Crippen LogP contribution in [0.2, 0.25) is 0 Å². The van der Waals surface area contributed by atoms with Crippen molar-refractivity contribution in [2.75, 3.05) is 6.54 Å². The topological polar surface area (TPSA) is 33.3 Å². The number of carbonyl (C=O) groups is 1. The lowest BCUT2D eigenvalue weighted by molar-refractivity contribution is -0.692. The number of ketones is 1. The molecule has 2 aromatic rings. The fourth-order valence-electron chi connectivity index (χ4n) is 2.48. The molecular formula is C20H21FN2OS. The first-order valence-corrected chi connectivity index (χ1v) is 8.59. The van der Waals surface area contributed by atoms with Gasteiger partial charge in [-0.05, 0) is 41.3 Å². The van der Waals surface area contributed by atoms with E-state index in [1.54, 1.807) is 10.6 Å². The second-order valence-corrected chi connectivity index (χ2v) is 6.06. The van der Waals surface area contributed by atoms with E-state index in [1.807, 2.05) is 24.5 Å². The van der Waals surface area contributed by atoms with Gasteiger partial charge < -0.3 is 17.6 Å². The molecule has 1 heterocycles. The maximum atomic E-state index is 13.1. The average molecular weight is 356 g/mol. The van der Waals surface area contributed by atoms with Crippen molar-refractivity contribution in [2.24, 2.45) is 4.99 Å². The Kier molecular flexibility index (Phi) is 6.95. The number of carbonyl (C=O) groups excluding carboxylic acids is 1. The molecule has 0 aliphatic heterocycles. The summed E-state index contributed by atoms with van der Waals surface area (Å²) >= 11 is 5.38. The lowest BCUT2D eigenvalue weighted by Gasteiger charge is -2.18. The van der Waals surface area contributed by atoms with Gasteiger partial charge in [0.05, 0.1) is 6.54 Å². The molecule has 0 saturated heterocycles. The first-order valence-electron chi connectivity index (χ1n) is 8.18. The van der Waals surface area contributed by atoms with E-state index in [9.17, 15) is 9.18 Å². The summed E-state index contributed by atoms with van der Waals surface area (Å²) in [6.07, 6.45) is 7.33. The molecule has 5 heteroatoms. The number of rotatable bonds is 8. The molecule has 3 nitrogen and oxygen atoms in total. The normalized spacial score (nSPS) is 12.6. The van der Waals surface area contributed by atoms with Gasteiger partial charge >= 0.3 is 0 Å². The number of aromatic nitrogens is 1. The van der Waals surface area contributed by atoms with Crippen LogP contribution in [0.1, 0.15) is 35.3 Å². The number of Topliss-reactive ketones (excluding diaryl/α,β-unsaturated/α-hetero) is 1. The van der Waals surface area contributed by atoms with Crippen LogP contribution in [-0.2, 0) is 19.0 Å². The number of hydrogen-bond donors (Lipinski definition) is 0. The molecule has 0 saturated carbocycles. The van der Waals surface area contributed by atoms with E-state index in [-0.39, 0.29) is 16.6 Å². The van der Waals surface area contributed by atoms with E-state index in [2.05, 4.69) is 18.5 Å². The van der Waals surface area contributed by atoms with Crippen LogP contribution in [0.4, 0.5) is 4.39 Å². The number of halogens is 1. The predicted molar refractivity (Wildman–Crippen MR) is 100 cm³/mol. The van der Waals surface area contributed by atoms with E-state index in [1.165, 1.54) is 29.8 Å². The third-order valence-electron chi connectivity index (χ3n) is 3.75. The van der Waals surface area contributed by atoms with E-state index in [0.29, 0.717) is 12.1 Å². The lowest BCUT2D eigenvalue weighted by Crippen LogP contribution is -2.47. The molecule has 0 N–H and O–H groups in total. The van der Waals surface area contributed by atoms with Gasteiger partial charge in [-0.1, -0.05) is 19.4 Å². The Morgan fingerprint density at radius 1 is 1.28 bits per heavy atom. The van der Waals surface area contributed by atoms with Crippen LogP contribution in [0.3, 0.4) is 0 Å². The minimum Gasteiger partial charge on any atom is -0.758 e. The molecule has 0 amide bonds. The fraction of sp³-hybridized carbons (Fsp3) is 0.250. The molecule has 0 fully saturated rings. The maximum absolute atomic E-state index is 13.1. The van der Waals surface area contributed by atoms with E-state index in [0.717, 1.165) is 12.8 Å². The smallest absolute Gasteiger partial charge is 0.237 e. The quantitative estimate of drug-likeness (QED) is 0.181. The third-order valence-corrected chi connectivity index (χ3v) is 4.10. The van der Waals surface area contributed by atoms with Gasteiger partial charge in [0, 0.05) is 17.7 Å². The van der Waals surface area contributed by atoms with E-state index >= 15 is 0 Å². The Morgan fingerprint density at radius 3 is 2.48 bits per heavy atom. The lowest BCUT2D eigenvalue weighted by atomic mass is 10.0.